The van der Waals surface area contributed by atoms with E-state index in [1.54, 1.807) is 0 Å². The second-order valence-electron chi connectivity index (χ2n) is 2.58. The lowest BCUT2D eigenvalue weighted by atomic mass is 10.2. The Kier molecular flexibility index (Phi) is 8.32. The van der Waals surface area contributed by atoms with Gasteiger partial charge < -0.3 is 10.4 Å². The first-order valence-electron chi connectivity index (χ1n) is 3.62. The standard InChI is InChI=1S/C8H15NO2.ClH/c1-6(2)8(7(3)11)9-4-5-10;/h9-10H,4-5H2,1-3H3;1H. The fourth-order valence-corrected chi connectivity index (χ4v) is 0.834. The van der Waals surface area contributed by atoms with E-state index in [-0.39, 0.29) is 24.8 Å². The van der Waals surface area contributed by atoms with Crippen LogP contribution in [0.15, 0.2) is 11.3 Å². The van der Waals surface area contributed by atoms with E-state index < -0.39 is 0 Å². The van der Waals surface area contributed by atoms with E-state index in [0.717, 1.165) is 5.57 Å². The van der Waals surface area contributed by atoms with Gasteiger partial charge in [0.05, 0.1) is 12.3 Å². The first-order valence-corrected chi connectivity index (χ1v) is 3.62. The third kappa shape index (κ3) is 5.16. The Balaban J connectivity index is 0. The van der Waals surface area contributed by atoms with Crippen molar-refractivity contribution in [3.63, 3.8) is 0 Å². The molecule has 0 unspecified atom stereocenters. The summed E-state index contributed by atoms with van der Waals surface area (Å²) < 4.78 is 0. The number of ketones is 1. The van der Waals surface area contributed by atoms with E-state index in [0.29, 0.717) is 12.2 Å². The molecule has 0 heterocycles. The third-order valence-electron chi connectivity index (χ3n) is 1.27. The number of allylic oxidation sites excluding steroid dienone is 2. The van der Waals surface area contributed by atoms with Crippen LogP contribution in [0, 0.1) is 0 Å². The van der Waals surface area contributed by atoms with Crippen LogP contribution in [-0.2, 0) is 4.79 Å². The molecule has 0 saturated heterocycles. The highest BCUT2D eigenvalue weighted by atomic mass is 35.5. The van der Waals surface area contributed by atoms with Gasteiger partial charge in [0.15, 0.2) is 5.78 Å². The summed E-state index contributed by atoms with van der Waals surface area (Å²) in [4.78, 5) is 10.9. The number of nitrogens with one attached hydrogen (secondary N) is 1. The predicted molar refractivity (Wildman–Crippen MR) is 51.4 cm³/mol. The average Bonchev–Trinajstić information content (AvgIpc) is 1.87. The molecule has 0 aliphatic rings. The van der Waals surface area contributed by atoms with Gasteiger partial charge in [-0.3, -0.25) is 4.79 Å². The Morgan fingerprint density at radius 2 is 1.83 bits per heavy atom. The molecule has 12 heavy (non-hydrogen) atoms. The molecule has 2 N–H and O–H groups in total. The summed E-state index contributed by atoms with van der Waals surface area (Å²) in [5, 5.41) is 11.3. The molecule has 0 aromatic heterocycles. The highest BCUT2D eigenvalue weighted by Crippen LogP contribution is 1.99. The summed E-state index contributed by atoms with van der Waals surface area (Å²) in [7, 11) is 0. The van der Waals surface area contributed by atoms with Crippen LogP contribution in [0.5, 0.6) is 0 Å². The van der Waals surface area contributed by atoms with E-state index in [1.165, 1.54) is 6.92 Å². The molecule has 0 radical (unpaired) electrons. The van der Waals surface area contributed by atoms with Gasteiger partial charge in [-0.1, -0.05) is 0 Å². The number of aliphatic hydroxyl groups excluding tert-OH is 1. The number of carbonyl (C=O) groups excluding carboxylic acids is 1. The third-order valence-corrected chi connectivity index (χ3v) is 1.27. The van der Waals surface area contributed by atoms with Crippen LogP contribution >= 0.6 is 12.4 Å². The molecule has 0 aliphatic heterocycles. The van der Waals surface area contributed by atoms with Crippen molar-refractivity contribution in [1.82, 2.24) is 5.32 Å². The highest BCUT2D eigenvalue weighted by molar-refractivity contribution is 5.93. The lowest BCUT2D eigenvalue weighted by Crippen LogP contribution is -2.23. The largest absolute Gasteiger partial charge is 0.395 e. The van der Waals surface area contributed by atoms with Crippen molar-refractivity contribution in [1.29, 1.82) is 0 Å². The number of hydrogen-bond acceptors (Lipinski definition) is 3. The minimum atomic E-state index is 0. The molecule has 0 aromatic rings. The molecule has 0 saturated carbocycles. The van der Waals surface area contributed by atoms with Crippen LogP contribution in [0.1, 0.15) is 20.8 Å². The van der Waals surface area contributed by atoms with E-state index in [1.807, 2.05) is 13.8 Å². The van der Waals surface area contributed by atoms with Gasteiger partial charge in [0.1, 0.15) is 0 Å². The van der Waals surface area contributed by atoms with Crippen LogP contribution in [-0.4, -0.2) is 24.0 Å². The van der Waals surface area contributed by atoms with Crippen molar-refractivity contribution in [3.05, 3.63) is 11.3 Å². The van der Waals surface area contributed by atoms with Crippen molar-refractivity contribution >= 4 is 18.2 Å². The number of rotatable bonds is 4. The SMILES string of the molecule is CC(=O)C(NCCO)=C(C)C.Cl. The molecule has 0 rings (SSSR count). The zero-order valence-corrected chi connectivity index (χ0v) is 8.49. The molecule has 0 atom stereocenters. The summed E-state index contributed by atoms with van der Waals surface area (Å²) >= 11 is 0. The second kappa shape index (κ2) is 7.13. The van der Waals surface area contributed by atoms with Crippen molar-refractivity contribution in [2.45, 2.75) is 20.8 Å². The minimum Gasteiger partial charge on any atom is -0.395 e. The molecule has 3 nitrogen and oxygen atoms in total. The van der Waals surface area contributed by atoms with Gasteiger partial charge in [0, 0.05) is 13.5 Å². The van der Waals surface area contributed by atoms with E-state index in [2.05, 4.69) is 5.32 Å². The summed E-state index contributed by atoms with van der Waals surface area (Å²) in [6.07, 6.45) is 0. The van der Waals surface area contributed by atoms with E-state index in [4.69, 9.17) is 5.11 Å². The molecule has 0 fully saturated rings. The highest BCUT2D eigenvalue weighted by Gasteiger charge is 2.03. The molecule has 0 amide bonds. The van der Waals surface area contributed by atoms with Gasteiger partial charge >= 0.3 is 0 Å². The molecule has 0 aliphatic carbocycles. The zero-order chi connectivity index (χ0) is 8.85. The van der Waals surface area contributed by atoms with Crippen molar-refractivity contribution in [2.24, 2.45) is 0 Å². The summed E-state index contributed by atoms with van der Waals surface area (Å²) in [6, 6.07) is 0. The molecular weight excluding hydrogens is 178 g/mol. The fraction of sp³-hybridized carbons (Fsp3) is 0.625. The fourth-order valence-electron chi connectivity index (χ4n) is 0.834. The predicted octanol–water partition coefficient (Wildman–Crippen LogP) is 0.873. The summed E-state index contributed by atoms with van der Waals surface area (Å²) in [6.45, 7) is 5.71. The maximum Gasteiger partial charge on any atom is 0.175 e. The Bertz CT molecular complexity index is 174. The quantitative estimate of drug-likeness (QED) is 0.652. The number of hydrogen-bond donors (Lipinski definition) is 2. The van der Waals surface area contributed by atoms with Gasteiger partial charge in [-0.2, -0.15) is 0 Å². The van der Waals surface area contributed by atoms with Gasteiger partial charge in [0.2, 0.25) is 0 Å². The maximum atomic E-state index is 10.9. The summed E-state index contributed by atoms with van der Waals surface area (Å²) in [5.41, 5.74) is 1.56. The Labute approximate surface area is 79.3 Å². The van der Waals surface area contributed by atoms with Gasteiger partial charge in [-0.05, 0) is 19.4 Å². The number of aliphatic hydroxyl groups is 1. The van der Waals surface area contributed by atoms with Gasteiger partial charge in [-0.25, -0.2) is 0 Å². The summed E-state index contributed by atoms with van der Waals surface area (Å²) in [5.74, 6) is 0.0125. The van der Waals surface area contributed by atoms with Crippen molar-refractivity contribution < 1.29 is 9.90 Å². The monoisotopic (exact) mass is 193 g/mol. The topological polar surface area (TPSA) is 49.3 Å². The first-order chi connectivity index (χ1) is 5.09. The number of halogens is 1. The van der Waals surface area contributed by atoms with Crippen LogP contribution in [0.3, 0.4) is 0 Å². The van der Waals surface area contributed by atoms with Crippen LogP contribution in [0.4, 0.5) is 0 Å². The normalized spacial score (nSPS) is 8.33. The van der Waals surface area contributed by atoms with E-state index >= 15 is 0 Å². The Morgan fingerprint density at radius 1 is 1.33 bits per heavy atom. The Hall–Kier alpha value is -0.540. The molecule has 0 bridgehead atoms. The Morgan fingerprint density at radius 3 is 2.08 bits per heavy atom. The molecular formula is C8H16ClNO2. The number of carbonyl (C=O) groups is 1. The van der Waals surface area contributed by atoms with Crippen LogP contribution < -0.4 is 5.32 Å². The van der Waals surface area contributed by atoms with Gasteiger partial charge in [0.25, 0.3) is 0 Å². The zero-order valence-electron chi connectivity index (χ0n) is 7.68. The average molecular weight is 194 g/mol. The van der Waals surface area contributed by atoms with Crippen LogP contribution in [0.2, 0.25) is 0 Å². The first kappa shape index (κ1) is 14.0. The van der Waals surface area contributed by atoms with Gasteiger partial charge in [-0.15, -0.1) is 12.4 Å². The molecule has 0 spiro atoms. The van der Waals surface area contributed by atoms with Crippen molar-refractivity contribution in [3.8, 4) is 0 Å². The second-order valence-corrected chi connectivity index (χ2v) is 2.58. The number of Topliss-reactive ketones (excluding diaryl/α,β-unsaturated/α-hetero) is 1. The van der Waals surface area contributed by atoms with Crippen molar-refractivity contribution in [2.75, 3.05) is 13.2 Å². The maximum absolute atomic E-state index is 10.9. The lowest BCUT2D eigenvalue weighted by Gasteiger charge is -2.07. The smallest absolute Gasteiger partial charge is 0.175 e. The lowest BCUT2D eigenvalue weighted by molar-refractivity contribution is -0.114. The van der Waals surface area contributed by atoms with E-state index in [9.17, 15) is 4.79 Å². The minimum absolute atomic E-state index is 0. The molecule has 72 valence electrons. The van der Waals surface area contributed by atoms with Crippen LogP contribution in [0.25, 0.3) is 0 Å². The molecule has 0 aromatic carbocycles. The molecule has 4 heteroatoms.